The van der Waals surface area contributed by atoms with Crippen LogP contribution in [0.4, 0.5) is 13.2 Å². The minimum Gasteiger partial charge on any atom is -0.266 e. The lowest BCUT2D eigenvalue weighted by atomic mass is 10.0. The molecule has 26 heavy (non-hydrogen) atoms. The summed E-state index contributed by atoms with van der Waals surface area (Å²) in [5, 5.41) is 13.5. The first-order chi connectivity index (χ1) is 12.3. The fraction of sp³-hybridized carbons (Fsp3) is 0.316. The zero-order chi connectivity index (χ0) is 18.9. The summed E-state index contributed by atoms with van der Waals surface area (Å²) in [7, 11) is 0. The van der Waals surface area contributed by atoms with Gasteiger partial charge in [0.2, 0.25) is 0 Å². The Morgan fingerprint density at radius 3 is 2.50 bits per heavy atom. The third-order valence-electron chi connectivity index (χ3n) is 4.54. The van der Waals surface area contributed by atoms with Crippen molar-refractivity contribution < 1.29 is 13.2 Å². The van der Waals surface area contributed by atoms with Crippen molar-refractivity contribution in [2.75, 3.05) is 0 Å². The number of nitrogens with zero attached hydrogens (tertiary/aromatic N) is 3. The number of pyridine rings is 1. The van der Waals surface area contributed by atoms with E-state index in [2.05, 4.69) is 5.10 Å². The van der Waals surface area contributed by atoms with Crippen LogP contribution in [0.25, 0.3) is 11.3 Å². The Hall–Kier alpha value is -2.88. The highest BCUT2D eigenvalue weighted by Gasteiger charge is 2.36. The molecule has 0 N–H and O–H groups in total. The molecule has 0 saturated heterocycles. The fourth-order valence-electron chi connectivity index (χ4n) is 3.13. The summed E-state index contributed by atoms with van der Waals surface area (Å²) in [5.74, 6) is 0.151. The van der Waals surface area contributed by atoms with Crippen LogP contribution in [-0.2, 0) is 6.18 Å². The van der Waals surface area contributed by atoms with Crippen LogP contribution >= 0.6 is 0 Å². The molecule has 0 amide bonds. The smallest absolute Gasteiger partial charge is 0.266 e. The van der Waals surface area contributed by atoms with Crippen molar-refractivity contribution in [3.8, 4) is 17.3 Å². The SMILES string of the molecule is CC1CCCC1=Nn1c(-c2ccccc2)cc(C(F)(F)F)c(C#N)c1=O. The highest BCUT2D eigenvalue weighted by atomic mass is 19.4. The lowest BCUT2D eigenvalue weighted by Crippen LogP contribution is -2.27. The van der Waals surface area contributed by atoms with Gasteiger partial charge >= 0.3 is 6.18 Å². The van der Waals surface area contributed by atoms with E-state index in [4.69, 9.17) is 5.26 Å². The summed E-state index contributed by atoms with van der Waals surface area (Å²) in [6.45, 7) is 1.97. The molecule has 1 saturated carbocycles. The van der Waals surface area contributed by atoms with Gasteiger partial charge in [-0.05, 0) is 31.2 Å². The molecule has 4 nitrogen and oxygen atoms in total. The Morgan fingerprint density at radius 1 is 1.27 bits per heavy atom. The number of benzene rings is 1. The Labute approximate surface area is 148 Å². The number of halogens is 3. The quantitative estimate of drug-likeness (QED) is 0.796. The molecule has 0 spiro atoms. The van der Waals surface area contributed by atoms with Crippen molar-refractivity contribution in [3.63, 3.8) is 0 Å². The van der Waals surface area contributed by atoms with Crippen molar-refractivity contribution in [1.29, 1.82) is 5.26 Å². The molecule has 1 aliphatic carbocycles. The zero-order valence-electron chi connectivity index (χ0n) is 14.0. The van der Waals surface area contributed by atoms with Gasteiger partial charge in [-0.1, -0.05) is 37.3 Å². The van der Waals surface area contributed by atoms with Crippen LogP contribution in [0.2, 0.25) is 0 Å². The Balaban J connectivity index is 2.35. The molecule has 3 rings (SSSR count). The van der Waals surface area contributed by atoms with Gasteiger partial charge in [0.15, 0.2) is 0 Å². The largest absolute Gasteiger partial charge is 0.417 e. The molecule has 0 bridgehead atoms. The van der Waals surface area contributed by atoms with E-state index in [1.165, 1.54) is 6.07 Å². The van der Waals surface area contributed by atoms with Gasteiger partial charge in [0, 0.05) is 11.3 Å². The van der Waals surface area contributed by atoms with Crippen LogP contribution in [0.3, 0.4) is 0 Å². The van der Waals surface area contributed by atoms with Gasteiger partial charge in [-0.15, -0.1) is 0 Å². The molecule has 7 heteroatoms. The number of hydrogen-bond acceptors (Lipinski definition) is 3. The van der Waals surface area contributed by atoms with Crippen LogP contribution in [-0.4, -0.2) is 10.4 Å². The molecule has 1 aliphatic rings. The van der Waals surface area contributed by atoms with Gasteiger partial charge in [0.25, 0.3) is 5.56 Å². The molecule has 1 atom stereocenters. The van der Waals surface area contributed by atoms with Crippen LogP contribution in [0.5, 0.6) is 0 Å². The minimum atomic E-state index is -4.80. The summed E-state index contributed by atoms with van der Waals surface area (Å²) < 4.78 is 41.1. The predicted molar refractivity (Wildman–Crippen MR) is 91.7 cm³/mol. The maximum Gasteiger partial charge on any atom is 0.417 e. The first-order valence-electron chi connectivity index (χ1n) is 8.23. The number of hydrogen-bond donors (Lipinski definition) is 0. The standard InChI is InChI=1S/C19H16F3N3O/c1-12-6-5-9-16(12)24-25-17(13-7-3-2-4-8-13)10-15(19(20,21)22)14(11-23)18(25)26/h2-4,7-8,10,12H,5-6,9H2,1H3. The summed E-state index contributed by atoms with van der Waals surface area (Å²) in [6, 6.07) is 10.5. The van der Waals surface area contributed by atoms with E-state index in [-0.39, 0.29) is 11.6 Å². The van der Waals surface area contributed by atoms with E-state index < -0.39 is 22.9 Å². The molecule has 0 aliphatic heterocycles. The summed E-state index contributed by atoms with van der Waals surface area (Å²) >= 11 is 0. The molecule has 1 aromatic carbocycles. The number of rotatable bonds is 2. The molecular weight excluding hydrogens is 343 g/mol. The highest BCUT2D eigenvalue weighted by Crippen LogP contribution is 2.33. The molecule has 0 radical (unpaired) electrons. The monoisotopic (exact) mass is 359 g/mol. The van der Waals surface area contributed by atoms with E-state index in [1.807, 2.05) is 6.92 Å². The third kappa shape index (κ3) is 3.27. The molecular formula is C19H16F3N3O. The predicted octanol–water partition coefficient (Wildman–Crippen LogP) is 4.43. The molecule has 1 heterocycles. The van der Waals surface area contributed by atoms with Gasteiger partial charge in [-0.25, -0.2) is 0 Å². The van der Waals surface area contributed by atoms with Gasteiger partial charge < -0.3 is 0 Å². The topological polar surface area (TPSA) is 58.1 Å². The Morgan fingerprint density at radius 2 is 1.96 bits per heavy atom. The van der Waals surface area contributed by atoms with Crippen LogP contribution < -0.4 is 5.56 Å². The van der Waals surface area contributed by atoms with Gasteiger partial charge in [-0.3, -0.25) is 4.79 Å². The second kappa shape index (κ2) is 6.79. The summed E-state index contributed by atoms with van der Waals surface area (Å²) in [4.78, 5) is 12.7. The highest BCUT2D eigenvalue weighted by molar-refractivity contribution is 5.88. The van der Waals surface area contributed by atoms with E-state index >= 15 is 0 Å². The Kier molecular flexibility index (Phi) is 4.68. The Bertz CT molecular complexity index is 953. The van der Waals surface area contributed by atoms with E-state index in [1.54, 1.807) is 30.3 Å². The fourth-order valence-corrected chi connectivity index (χ4v) is 3.13. The van der Waals surface area contributed by atoms with Crippen molar-refractivity contribution in [1.82, 2.24) is 4.68 Å². The minimum absolute atomic E-state index is 0.0218. The average Bonchev–Trinajstić information content (AvgIpc) is 3.01. The molecule has 1 aromatic heterocycles. The number of nitriles is 1. The summed E-state index contributed by atoms with van der Waals surface area (Å²) in [6.07, 6.45) is -2.29. The van der Waals surface area contributed by atoms with Gasteiger partial charge in [0.1, 0.15) is 11.6 Å². The third-order valence-corrected chi connectivity index (χ3v) is 4.54. The maximum absolute atomic E-state index is 13.4. The van der Waals surface area contributed by atoms with E-state index in [9.17, 15) is 18.0 Å². The van der Waals surface area contributed by atoms with Crippen molar-refractivity contribution in [2.24, 2.45) is 11.0 Å². The normalized spacial score (nSPS) is 18.9. The first kappa shape index (κ1) is 17.9. The number of alkyl halides is 3. The lowest BCUT2D eigenvalue weighted by molar-refractivity contribution is -0.137. The second-order valence-corrected chi connectivity index (χ2v) is 6.30. The first-order valence-corrected chi connectivity index (χ1v) is 8.23. The van der Waals surface area contributed by atoms with Gasteiger partial charge in [0.05, 0.1) is 11.3 Å². The van der Waals surface area contributed by atoms with Crippen LogP contribution in [0, 0.1) is 17.2 Å². The van der Waals surface area contributed by atoms with Crippen LogP contribution in [0.15, 0.2) is 46.3 Å². The zero-order valence-corrected chi connectivity index (χ0v) is 14.0. The molecule has 2 aromatic rings. The maximum atomic E-state index is 13.4. The van der Waals surface area contributed by atoms with E-state index in [0.29, 0.717) is 12.0 Å². The average molecular weight is 359 g/mol. The van der Waals surface area contributed by atoms with Crippen LogP contribution in [0.1, 0.15) is 37.3 Å². The van der Waals surface area contributed by atoms with Crippen molar-refractivity contribution in [3.05, 3.63) is 57.9 Å². The molecule has 1 unspecified atom stereocenters. The van der Waals surface area contributed by atoms with Crippen molar-refractivity contribution >= 4 is 5.71 Å². The van der Waals surface area contributed by atoms with Crippen molar-refractivity contribution in [2.45, 2.75) is 32.4 Å². The molecule has 1 fully saturated rings. The lowest BCUT2D eigenvalue weighted by Gasteiger charge is -2.15. The molecule has 134 valence electrons. The van der Waals surface area contributed by atoms with E-state index in [0.717, 1.165) is 29.3 Å². The second-order valence-electron chi connectivity index (χ2n) is 6.30. The summed E-state index contributed by atoms with van der Waals surface area (Å²) in [5.41, 5.74) is -2.02. The number of aromatic nitrogens is 1. The van der Waals surface area contributed by atoms with Gasteiger partial charge in [-0.2, -0.15) is 28.2 Å².